The van der Waals surface area contributed by atoms with Gasteiger partial charge in [-0.2, -0.15) is 0 Å². The van der Waals surface area contributed by atoms with E-state index in [1.54, 1.807) is 11.4 Å². The lowest BCUT2D eigenvalue weighted by Crippen LogP contribution is -1.95. The Balaban J connectivity index is 1.91. The highest BCUT2D eigenvalue weighted by atomic mass is 32.1. The molecule has 0 amide bonds. The molecule has 2 aromatic rings. The minimum absolute atomic E-state index is 0.166. The van der Waals surface area contributed by atoms with Crippen molar-refractivity contribution in [3.05, 3.63) is 23.6 Å². The number of aromatic hydroxyl groups is 1. The first kappa shape index (κ1) is 12.6. The van der Waals surface area contributed by atoms with Gasteiger partial charge in [-0.15, -0.1) is 11.3 Å². The fraction of sp³-hybridized carbons (Fsp3) is 0.333. The van der Waals surface area contributed by atoms with Crippen molar-refractivity contribution in [2.45, 2.75) is 25.7 Å². The van der Waals surface area contributed by atoms with Gasteiger partial charge in [-0.25, -0.2) is 4.98 Å². The standard InChI is InChI=1S/C12H13NO4S/c14-9-5-6-18-12(9)8-7-17-10(13-8)3-1-2-4-11(15)16/h5-7,14H,1-4H2,(H,15,16). The zero-order valence-electron chi connectivity index (χ0n) is 9.63. The monoisotopic (exact) mass is 267 g/mol. The normalized spacial score (nSPS) is 10.7. The number of hydrogen-bond donors (Lipinski definition) is 2. The largest absolute Gasteiger partial charge is 0.506 e. The van der Waals surface area contributed by atoms with E-state index in [9.17, 15) is 9.90 Å². The molecule has 2 rings (SSSR count). The third kappa shape index (κ3) is 3.10. The van der Waals surface area contributed by atoms with Crippen LogP contribution in [0, 0.1) is 0 Å². The van der Waals surface area contributed by atoms with Crippen molar-refractivity contribution >= 4 is 17.3 Å². The number of oxazole rings is 1. The molecule has 0 saturated carbocycles. The summed E-state index contributed by atoms with van der Waals surface area (Å²) < 4.78 is 5.29. The SMILES string of the molecule is O=C(O)CCCCc1nc(-c2sccc2O)co1. The summed E-state index contributed by atoms with van der Waals surface area (Å²) in [5, 5.41) is 19.8. The van der Waals surface area contributed by atoms with Crippen LogP contribution < -0.4 is 0 Å². The lowest BCUT2D eigenvalue weighted by Gasteiger charge is -1.94. The summed E-state index contributed by atoms with van der Waals surface area (Å²) in [7, 11) is 0. The third-order valence-electron chi connectivity index (χ3n) is 2.46. The van der Waals surface area contributed by atoms with E-state index in [2.05, 4.69) is 4.98 Å². The van der Waals surface area contributed by atoms with Gasteiger partial charge in [-0.3, -0.25) is 4.79 Å². The molecule has 0 unspecified atom stereocenters. The molecule has 2 aromatic heterocycles. The first-order chi connectivity index (χ1) is 8.66. The number of hydrogen-bond acceptors (Lipinski definition) is 5. The van der Waals surface area contributed by atoms with Gasteiger partial charge >= 0.3 is 5.97 Å². The smallest absolute Gasteiger partial charge is 0.303 e. The lowest BCUT2D eigenvalue weighted by molar-refractivity contribution is -0.137. The lowest BCUT2D eigenvalue weighted by atomic mass is 10.2. The van der Waals surface area contributed by atoms with Crippen molar-refractivity contribution in [2.75, 3.05) is 0 Å². The quantitative estimate of drug-likeness (QED) is 0.786. The van der Waals surface area contributed by atoms with Crippen LogP contribution in [0.5, 0.6) is 5.75 Å². The van der Waals surface area contributed by atoms with Crippen molar-refractivity contribution < 1.29 is 19.4 Å². The summed E-state index contributed by atoms with van der Waals surface area (Å²) in [6.45, 7) is 0. The van der Waals surface area contributed by atoms with Crippen LogP contribution in [0.3, 0.4) is 0 Å². The minimum atomic E-state index is -0.786. The van der Waals surface area contributed by atoms with Gasteiger partial charge in [0.25, 0.3) is 0 Å². The molecule has 0 radical (unpaired) electrons. The molecule has 0 aliphatic rings. The second kappa shape index (κ2) is 5.68. The van der Waals surface area contributed by atoms with Gasteiger partial charge < -0.3 is 14.6 Å². The highest BCUT2D eigenvalue weighted by Gasteiger charge is 2.11. The van der Waals surface area contributed by atoms with E-state index < -0.39 is 5.97 Å². The van der Waals surface area contributed by atoms with E-state index in [1.807, 2.05) is 0 Å². The Bertz CT molecular complexity index is 532. The fourth-order valence-electron chi connectivity index (χ4n) is 1.58. The molecule has 0 bridgehead atoms. The number of aliphatic carboxylic acids is 1. The molecule has 0 atom stereocenters. The first-order valence-corrected chi connectivity index (χ1v) is 6.48. The predicted molar refractivity (Wildman–Crippen MR) is 66.7 cm³/mol. The number of rotatable bonds is 6. The zero-order valence-corrected chi connectivity index (χ0v) is 10.4. The zero-order chi connectivity index (χ0) is 13.0. The first-order valence-electron chi connectivity index (χ1n) is 5.60. The van der Waals surface area contributed by atoms with E-state index in [4.69, 9.17) is 9.52 Å². The van der Waals surface area contributed by atoms with Gasteiger partial charge in [-0.1, -0.05) is 0 Å². The number of thiophene rings is 1. The molecule has 0 aromatic carbocycles. The number of unbranched alkanes of at least 4 members (excludes halogenated alkanes) is 1. The van der Waals surface area contributed by atoms with Crippen LogP contribution >= 0.6 is 11.3 Å². The Morgan fingerprint density at radius 1 is 1.44 bits per heavy atom. The van der Waals surface area contributed by atoms with E-state index in [0.29, 0.717) is 29.3 Å². The number of carbonyl (C=O) groups is 1. The molecular formula is C12H13NO4S. The van der Waals surface area contributed by atoms with Gasteiger partial charge in [0.15, 0.2) is 5.89 Å². The summed E-state index contributed by atoms with van der Waals surface area (Å²) in [6, 6.07) is 1.61. The van der Waals surface area contributed by atoms with Crippen LogP contribution in [0.25, 0.3) is 10.6 Å². The molecule has 0 spiro atoms. The van der Waals surface area contributed by atoms with Crippen LogP contribution in [-0.2, 0) is 11.2 Å². The maximum Gasteiger partial charge on any atom is 0.303 e. The number of nitrogens with zero attached hydrogens (tertiary/aromatic N) is 1. The molecule has 0 aliphatic heterocycles. The molecule has 18 heavy (non-hydrogen) atoms. The number of carboxylic acids is 1. The average molecular weight is 267 g/mol. The summed E-state index contributed by atoms with van der Waals surface area (Å²) in [6.07, 6.45) is 3.62. The van der Waals surface area contributed by atoms with Crippen LogP contribution in [0.2, 0.25) is 0 Å². The molecule has 5 nitrogen and oxygen atoms in total. The Hall–Kier alpha value is -1.82. The molecule has 2 heterocycles. The van der Waals surface area contributed by atoms with Crippen LogP contribution in [-0.4, -0.2) is 21.2 Å². The number of carboxylic acid groups (broad SMARTS) is 1. The van der Waals surface area contributed by atoms with Crippen molar-refractivity contribution in [3.8, 4) is 16.3 Å². The number of aromatic nitrogens is 1. The third-order valence-corrected chi connectivity index (χ3v) is 3.39. The summed E-state index contributed by atoms with van der Waals surface area (Å²) in [5.74, 6) is -0.0134. The van der Waals surface area contributed by atoms with E-state index >= 15 is 0 Å². The summed E-state index contributed by atoms with van der Waals surface area (Å²) in [5.41, 5.74) is 0.621. The van der Waals surface area contributed by atoms with Crippen molar-refractivity contribution in [1.82, 2.24) is 4.98 Å². The average Bonchev–Trinajstić information content (AvgIpc) is 2.92. The molecule has 2 N–H and O–H groups in total. The minimum Gasteiger partial charge on any atom is -0.506 e. The van der Waals surface area contributed by atoms with Gasteiger partial charge in [-0.05, 0) is 24.3 Å². The van der Waals surface area contributed by atoms with Crippen molar-refractivity contribution in [1.29, 1.82) is 0 Å². The molecule has 0 fully saturated rings. The highest BCUT2D eigenvalue weighted by Crippen LogP contribution is 2.33. The summed E-state index contributed by atoms with van der Waals surface area (Å²) in [4.78, 5) is 15.3. The van der Waals surface area contributed by atoms with Crippen molar-refractivity contribution in [3.63, 3.8) is 0 Å². The Morgan fingerprint density at radius 3 is 2.94 bits per heavy atom. The summed E-state index contributed by atoms with van der Waals surface area (Å²) >= 11 is 1.40. The molecule has 96 valence electrons. The van der Waals surface area contributed by atoms with Crippen LogP contribution in [0.4, 0.5) is 0 Å². The van der Waals surface area contributed by atoms with Gasteiger partial charge in [0.2, 0.25) is 0 Å². The Labute approximate surface area is 108 Å². The van der Waals surface area contributed by atoms with Gasteiger partial charge in [0, 0.05) is 12.8 Å². The van der Waals surface area contributed by atoms with Gasteiger partial charge in [0.1, 0.15) is 17.7 Å². The second-order valence-electron chi connectivity index (χ2n) is 3.86. The maximum atomic E-state index is 10.3. The molecule has 0 saturated heterocycles. The molecular weight excluding hydrogens is 254 g/mol. The van der Waals surface area contributed by atoms with E-state index in [0.717, 1.165) is 6.42 Å². The van der Waals surface area contributed by atoms with E-state index in [-0.39, 0.29) is 12.2 Å². The maximum absolute atomic E-state index is 10.3. The van der Waals surface area contributed by atoms with Crippen LogP contribution in [0.15, 0.2) is 22.1 Å². The van der Waals surface area contributed by atoms with Gasteiger partial charge in [0.05, 0.1) is 4.88 Å². The predicted octanol–water partition coefficient (Wildman–Crippen LogP) is 2.91. The second-order valence-corrected chi connectivity index (χ2v) is 4.78. The Kier molecular flexibility index (Phi) is 3.99. The van der Waals surface area contributed by atoms with Crippen molar-refractivity contribution in [2.24, 2.45) is 0 Å². The van der Waals surface area contributed by atoms with E-state index in [1.165, 1.54) is 17.6 Å². The van der Waals surface area contributed by atoms with Crippen LogP contribution in [0.1, 0.15) is 25.2 Å². The topological polar surface area (TPSA) is 83.6 Å². The Morgan fingerprint density at radius 2 is 2.28 bits per heavy atom. The highest BCUT2D eigenvalue weighted by molar-refractivity contribution is 7.13. The molecule has 0 aliphatic carbocycles. The fourth-order valence-corrected chi connectivity index (χ4v) is 2.31. The molecule has 6 heteroatoms. The number of aryl methyl sites for hydroxylation is 1.